The molecule has 4 rings (SSSR count). The van der Waals surface area contributed by atoms with Crippen molar-refractivity contribution in [3.63, 3.8) is 0 Å². The van der Waals surface area contributed by atoms with Crippen molar-refractivity contribution >= 4 is 85.8 Å². The lowest BCUT2D eigenvalue weighted by molar-refractivity contribution is -0.127. The van der Waals surface area contributed by atoms with Crippen molar-refractivity contribution in [1.29, 1.82) is 0 Å². The van der Waals surface area contributed by atoms with Crippen LogP contribution in [-0.4, -0.2) is 28.5 Å². The van der Waals surface area contributed by atoms with Crippen LogP contribution in [0.1, 0.15) is 22.3 Å². The van der Waals surface area contributed by atoms with Gasteiger partial charge < -0.3 is 10.1 Å². The highest BCUT2D eigenvalue weighted by atomic mass is 127. The van der Waals surface area contributed by atoms with Gasteiger partial charge in [0, 0.05) is 5.69 Å². The molecular formula is C27H22I2N2O4S. The molecule has 0 bridgehead atoms. The van der Waals surface area contributed by atoms with Crippen molar-refractivity contribution in [3.05, 3.63) is 95.0 Å². The van der Waals surface area contributed by atoms with E-state index in [1.807, 2.05) is 74.5 Å². The van der Waals surface area contributed by atoms with E-state index in [4.69, 9.17) is 4.74 Å². The minimum atomic E-state index is -0.477. The first kappa shape index (κ1) is 26.7. The Bertz CT molecular complexity index is 1330. The number of anilines is 1. The third-order valence-corrected chi connectivity index (χ3v) is 7.74. The van der Waals surface area contributed by atoms with Gasteiger partial charge >= 0.3 is 0 Å². The molecule has 3 aromatic carbocycles. The lowest BCUT2D eigenvalue weighted by Gasteiger charge is -2.13. The van der Waals surface area contributed by atoms with Gasteiger partial charge in [-0.2, -0.15) is 0 Å². The maximum atomic E-state index is 12.9. The fraction of sp³-hybridized carbons (Fsp3) is 0.148. The molecule has 0 saturated carbocycles. The minimum absolute atomic E-state index is 0.281. The van der Waals surface area contributed by atoms with E-state index in [1.165, 1.54) is 0 Å². The fourth-order valence-corrected chi connectivity index (χ4v) is 6.68. The highest BCUT2D eigenvalue weighted by Gasteiger charge is 2.36. The summed E-state index contributed by atoms with van der Waals surface area (Å²) >= 11 is 5.24. The Hall–Kier alpha value is -2.38. The molecular weight excluding hydrogens is 702 g/mol. The SMILES string of the molecule is Cc1cc(C)cc(NC(=O)CN2C(=O)S/C(=C/c3cc(I)c(OCc4ccccc4)c(I)c3)C2=O)c1. The second-order valence-corrected chi connectivity index (χ2v) is 11.6. The number of benzene rings is 3. The highest BCUT2D eigenvalue weighted by Crippen LogP contribution is 2.35. The molecule has 0 spiro atoms. The van der Waals surface area contributed by atoms with E-state index in [0.717, 1.165) is 51.8 Å². The van der Waals surface area contributed by atoms with Gasteiger partial charge in [0.05, 0.1) is 12.0 Å². The molecule has 1 fully saturated rings. The average molecular weight is 724 g/mol. The zero-order valence-corrected chi connectivity index (χ0v) is 24.6. The van der Waals surface area contributed by atoms with Crippen LogP contribution in [0.25, 0.3) is 6.08 Å². The zero-order valence-electron chi connectivity index (χ0n) is 19.5. The number of halogens is 2. The maximum absolute atomic E-state index is 12.9. The van der Waals surface area contributed by atoms with Gasteiger partial charge in [-0.05, 0) is 123 Å². The monoisotopic (exact) mass is 724 g/mol. The third-order valence-electron chi connectivity index (χ3n) is 5.23. The zero-order chi connectivity index (χ0) is 25.8. The predicted molar refractivity (Wildman–Crippen MR) is 160 cm³/mol. The first-order valence-electron chi connectivity index (χ1n) is 11.0. The molecule has 0 radical (unpaired) electrons. The molecule has 1 aliphatic rings. The number of carbonyl (C=O) groups is 3. The summed E-state index contributed by atoms with van der Waals surface area (Å²) in [4.78, 5) is 39.2. The van der Waals surface area contributed by atoms with E-state index in [-0.39, 0.29) is 11.4 Å². The molecule has 0 atom stereocenters. The molecule has 0 aliphatic carbocycles. The summed E-state index contributed by atoms with van der Waals surface area (Å²) in [7, 11) is 0. The molecule has 3 aromatic rings. The van der Waals surface area contributed by atoms with E-state index in [1.54, 1.807) is 6.08 Å². The van der Waals surface area contributed by atoms with Gasteiger partial charge in [0.15, 0.2) is 0 Å². The van der Waals surface area contributed by atoms with Gasteiger partial charge in [-0.15, -0.1) is 0 Å². The van der Waals surface area contributed by atoms with Gasteiger partial charge in [-0.1, -0.05) is 36.4 Å². The predicted octanol–water partition coefficient (Wildman–Crippen LogP) is 6.77. The Labute approximate surface area is 241 Å². The summed E-state index contributed by atoms with van der Waals surface area (Å²) in [5.74, 6) is -0.129. The number of rotatable bonds is 7. The number of nitrogens with zero attached hydrogens (tertiary/aromatic N) is 1. The molecule has 1 heterocycles. The first-order chi connectivity index (χ1) is 17.2. The number of imide groups is 1. The van der Waals surface area contributed by atoms with Crippen molar-refractivity contribution in [2.45, 2.75) is 20.5 Å². The molecule has 1 aliphatic heterocycles. The fourth-order valence-electron chi connectivity index (χ4n) is 3.71. The van der Waals surface area contributed by atoms with E-state index >= 15 is 0 Å². The van der Waals surface area contributed by atoms with E-state index in [9.17, 15) is 14.4 Å². The van der Waals surface area contributed by atoms with Crippen molar-refractivity contribution in [2.75, 3.05) is 11.9 Å². The summed E-state index contributed by atoms with van der Waals surface area (Å²) < 4.78 is 7.82. The van der Waals surface area contributed by atoms with Gasteiger partial charge in [0.25, 0.3) is 11.1 Å². The van der Waals surface area contributed by atoms with Crippen LogP contribution >= 0.6 is 56.9 Å². The normalized spacial score (nSPS) is 14.4. The molecule has 6 nitrogen and oxygen atoms in total. The number of thioether (sulfide) groups is 1. The Kier molecular flexibility index (Phi) is 8.73. The van der Waals surface area contributed by atoms with Crippen LogP contribution < -0.4 is 10.1 Å². The van der Waals surface area contributed by atoms with Crippen molar-refractivity contribution in [1.82, 2.24) is 4.90 Å². The van der Waals surface area contributed by atoms with E-state index in [2.05, 4.69) is 50.5 Å². The second-order valence-electron chi connectivity index (χ2n) is 8.28. The van der Waals surface area contributed by atoms with Crippen molar-refractivity contribution in [2.24, 2.45) is 0 Å². The largest absolute Gasteiger partial charge is 0.487 e. The van der Waals surface area contributed by atoms with Crippen LogP contribution in [0.3, 0.4) is 0 Å². The molecule has 1 N–H and O–H groups in total. The van der Waals surface area contributed by atoms with Crippen LogP contribution in [0.2, 0.25) is 0 Å². The van der Waals surface area contributed by atoms with Crippen LogP contribution in [0, 0.1) is 21.0 Å². The quantitative estimate of drug-likeness (QED) is 0.215. The highest BCUT2D eigenvalue weighted by molar-refractivity contribution is 14.1. The molecule has 1 saturated heterocycles. The first-order valence-corrected chi connectivity index (χ1v) is 14.0. The summed E-state index contributed by atoms with van der Waals surface area (Å²) in [6.45, 7) is 3.99. The average Bonchev–Trinajstić information content (AvgIpc) is 3.05. The Morgan fingerprint density at radius 1 is 1.00 bits per heavy atom. The summed E-state index contributed by atoms with van der Waals surface area (Å²) in [6, 6.07) is 19.4. The minimum Gasteiger partial charge on any atom is -0.487 e. The maximum Gasteiger partial charge on any atom is 0.294 e. The number of aryl methyl sites for hydroxylation is 2. The smallest absolute Gasteiger partial charge is 0.294 e. The van der Waals surface area contributed by atoms with E-state index in [0.29, 0.717) is 12.3 Å². The van der Waals surface area contributed by atoms with Gasteiger partial charge in [0.2, 0.25) is 5.91 Å². The molecule has 9 heteroatoms. The van der Waals surface area contributed by atoms with Crippen LogP contribution in [0.5, 0.6) is 5.75 Å². The van der Waals surface area contributed by atoms with Gasteiger partial charge in [-0.25, -0.2) is 0 Å². The van der Waals surface area contributed by atoms with E-state index < -0.39 is 17.1 Å². The molecule has 0 unspecified atom stereocenters. The van der Waals surface area contributed by atoms with Crippen LogP contribution in [0.4, 0.5) is 10.5 Å². The van der Waals surface area contributed by atoms with Gasteiger partial charge in [-0.3, -0.25) is 19.3 Å². The standard InChI is InChI=1S/C27H22I2N2O4S/c1-16-8-17(2)10-20(9-16)30-24(32)14-31-26(33)23(36-27(31)34)13-19-11-21(28)25(22(29)12-19)35-15-18-6-4-3-5-7-18/h3-13H,14-15H2,1-2H3,(H,30,32)/b23-13+. The molecule has 36 heavy (non-hydrogen) atoms. The summed E-state index contributed by atoms with van der Waals surface area (Å²) in [6.07, 6.45) is 1.68. The number of ether oxygens (including phenoxy) is 1. The van der Waals surface area contributed by atoms with Crippen LogP contribution in [-0.2, 0) is 16.2 Å². The lowest BCUT2D eigenvalue weighted by atomic mass is 10.1. The number of hydrogen-bond acceptors (Lipinski definition) is 5. The Balaban J connectivity index is 1.44. The molecule has 3 amide bonds. The third kappa shape index (κ3) is 6.68. The van der Waals surface area contributed by atoms with Crippen molar-refractivity contribution < 1.29 is 19.1 Å². The van der Waals surface area contributed by atoms with Crippen molar-refractivity contribution in [3.8, 4) is 5.75 Å². The Morgan fingerprint density at radius 2 is 1.64 bits per heavy atom. The number of nitrogens with one attached hydrogen (secondary N) is 1. The molecule has 0 aromatic heterocycles. The lowest BCUT2D eigenvalue weighted by Crippen LogP contribution is -2.36. The number of hydrogen-bond donors (Lipinski definition) is 1. The number of amides is 3. The molecule has 184 valence electrons. The topological polar surface area (TPSA) is 75.7 Å². The van der Waals surface area contributed by atoms with Crippen LogP contribution in [0.15, 0.2) is 65.6 Å². The number of carbonyl (C=O) groups excluding carboxylic acids is 3. The summed E-state index contributed by atoms with van der Waals surface area (Å²) in [5, 5.41) is 2.31. The Morgan fingerprint density at radius 3 is 2.28 bits per heavy atom. The summed E-state index contributed by atoms with van der Waals surface area (Å²) in [5.41, 5.74) is 4.52. The van der Waals surface area contributed by atoms with Gasteiger partial charge in [0.1, 0.15) is 18.9 Å². The second kappa shape index (κ2) is 11.8.